The summed E-state index contributed by atoms with van der Waals surface area (Å²) in [5.74, 6) is 0.848. The van der Waals surface area contributed by atoms with Crippen molar-refractivity contribution in [3.05, 3.63) is 76.2 Å². The fraction of sp³-hybridized carbons (Fsp3) is 0.280. The summed E-state index contributed by atoms with van der Waals surface area (Å²) in [4.78, 5) is 26.9. The van der Waals surface area contributed by atoms with Crippen molar-refractivity contribution >= 4 is 28.2 Å². The van der Waals surface area contributed by atoms with Gasteiger partial charge in [-0.3, -0.25) is 9.59 Å². The number of methoxy groups -OCH3 is 1. The molecule has 1 aromatic heterocycles. The third kappa shape index (κ3) is 5.29. The minimum atomic E-state index is -0.295. The zero-order valence-corrected chi connectivity index (χ0v) is 18.8. The molecule has 0 spiro atoms. The van der Waals surface area contributed by atoms with Crippen molar-refractivity contribution in [3.8, 4) is 11.5 Å². The molecule has 1 heterocycles. The van der Waals surface area contributed by atoms with Gasteiger partial charge in [0.1, 0.15) is 16.5 Å². The summed E-state index contributed by atoms with van der Waals surface area (Å²) >= 11 is 1.50. The van der Waals surface area contributed by atoms with Crippen LogP contribution in [0.4, 0.5) is 5.00 Å². The molecule has 0 fully saturated rings. The summed E-state index contributed by atoms with van der Waals surface area (Å²) in [5, 5.41) is 6.52. The summed E-state index contributed by atoms with van der Waals surface area (Å²) in [7, 11) is 1.59. The van der Waals surface area contributed by atoms with Gasteiger partial charge in [0, 0.05) is 11.4 Å². The molecule has 0 unspecified atom stereocenters. The summed E-state index contributed by atoms with van der Waals surface area (Å²) in [6.07, 6.45) is 3.96. The van der Waals surface area contributed by atoms with Gasteiger partial charge in [-0.2, -0.15) is 0 Å². The Hall–Kier alpha value is -3.32. The summed E-state index contributed by atoms with van der Waals surface area (Å²) in [6.45, 7) is 0.304. The second-order valence-electron chi connectivity index (χ2n) is 7.60. The van der Waals surface area contributed by atoms with Crippen LogP contribution in [0.2, 0.25) is 0 Å². The maximum Gasteiger partial charge on any atom is 0.262 e. The van der Waals surface area contributed by atoms with Crippen molar-refractivity contribution in [1.82, 2.24) is 5.32 Å². The second kappa shape index (κ2) is 10.3. The molecule has 0 radical (unpaired) electrons. The predicted octanol–water partition coefficient (Wildman–Crippen LogP) is 4.58. The maximum atomic E-state index is 13.1. The third-order valence-corrected chi connectivity index (χ3v) is 6.58. The van der Waals surface area contributed by atoms with Crippen molar-refractivity contribution in [2.45, 2.75) is 32.2 Å². The van der Waals surface area contributed by atoms with Crippen LogP contribution < -0.4 is 20.1 Å². The van der Waals surface area contributed by atoms with E-state index in [1.165, 1.54) is 16.2 Å². The van der Waals surface area contributed by atoms with Gasteiger partial charge in [-0.25, -0.2) is 0 Å². The van der Waals surface area contributed by atoms with E-state index in [4.69, 9.17) is 9.47 Å². The lowest BCUT2D eigenvalue weighted by molar-refractivity contribution is -0.118. The number of benzene rings is 2. The average molecular weight is 451 g/mol. The molecule has 4 rings (SSSR count). The van der Waals surface area contributed by atoms with E-state index >= 15 is 0 Å². The van der Waals surface area contributed by atoms with Crippen molar-refractivity contribution in [2.24, 2.45) is 0 Å². The lowest BCUT2D eigenvalue weighted by Crippen LogP contribution is -2.26. The van der Waals surface area contributed by atoms with Gasteiger partial charge < -0.3 is 20.1 Å². The predicted molar refractivity (Wildman–Crippen MR) is 126 cm³/mol. The van der Waals surface area contributed by atoms with Crippen LogP contribution in [0, 0.1) is 0 Å². The Morgan fingerprint density at radius 2 is 1.69 bits per heavy atom. The van der Waals surface area contributed by atoms with Crippen molar-refractivity contribution in [1.29, 1.82) is 0 Å². The van der Waals surface area contributed by atoms with Gasteiger partial charge in [-0.1, -0.05) is 30.3 Å². The zero-order chi connectivity index (χ0) is 22.3. The van der Waals surface area contributed by atoms with E-state index in [0.717, 1.165) is 42.6 Å². The average Bonchev–Trinajstić information content (AvgIpc) is 3.20. The minimum absolute atomic E-state index is 0.139. The molecule has 3 aromatic rings. The molecule has 7 heteroatoms. The van der Waals surface area contributed by atoms with Gasteiger partial charge in [0.25, 0.3) is 11.8 Å². The molecule has 6 nitrogen and oxygen atoms in total. The zero-order valence-electron chi connectivity index (χ0n) is 18.0. The number of thiophene rings is 1. The lowest BCUT2D eigenvalue weighted by Gasteiger charge is -2.13. The van der Waals surface area contributed by atoms with E-state index in [0.29, 0.717) is 22.9 Å². The number of carbonyl (C=O) groups is 2. The first-order valence-electron chi connectivity index (χ1n) is 10.7. The first-order chi connectivity index (χ1) is 15.6. The highest BCUT2D eigenvalue weighted by Gasteiger charge is 2.26. The molecule has 0 saturated carbocycles. The molecule has 2 N–H and O–H groups in total. The lowest BCUT2D eigenvalue weighted by atomic mass is 9.95. The number of amides is 2. The number of carbonyl (C=O) groups excluding carboxylic acids is 2. The Balaban J connectivity index is 1.44. The van der Waals surface area contributed by atoms with Gasteiger partial charge in [-0.15, -0.1) is 11.3 Å². The normalized spacial score (nSPS) is 12.5. The molecule has 0 bridgehead atoms. The standard InChI is InChI=1S/C25H26N2O4S/c1-30-18-11-13-19(14-12-18)31-16-22(28)27-25-23(20-9-5-6-10-21(20)32-25)24(29)26-15-17-7-3-2-4-8-17/h2-4,7-8,11-14H,5-6,9-10,15-16H2,1H3,(H,26,29)(H,27,28). The van der Waals surface area contributed by atoms with Gasteiger partial charge in [-0.05, 0) is 61.1 Å². The number of hydrogen-bond donors (Lipinski definition) is 2. The fourth-order valence-corrected chi connectivity index (χ4v) is 5.05. The highest BCUT2D eigenvalue weighted by molar-refractivity contribution is 7.17. The Labute approximate surface area is 191 Å². The number of ether oxygens (including phenoxy) is 2. The highest BCUT2D eigenvalue weighted by Crippen LogP contribution is 2.38. The Bertz CT molecular complexity index is 1080. The Morgan fingerprint density at radius 3 is 2.44 bits per heavy atom. The number of hydrogen-bond acceptors (Lipinski definition) is 5. The van der Waals surface area contributed by atoms with Crippen LogP contribution in [0.1, 0.15) is 39.2 Å². The number of nitrogens with one attached hydrogen (secondary N) is 2. The van der Waals surface area contributed by atoms with Crippen LogP contribution in [-0.4, -0.2) is 25.5 Å². The van der Waals surface area contributed by atoms with E-state index in [2.05, 4.69) is 10.6 Å². The van der Waals surface area contributed by atoms with Crippen LogP contribution in [0.3, 0.4) is 0 Å². The number of anilines is 1. The fourth-order valence-electron chi connectivity index (χ4n) is 3.74. The molecule has 166 valence electrons. The van der Waals surface area contributed by atoms with E-state index in [9.17, 15) is 9.59 Å². The van der Waals surface area contributed by atoms with Crippen LogP contribution >= 0.6 is 11.3 Å². The van der Waals surface area contributed by atoms with Crippen molar-refractivity contribution in [2.75, 3.05) is 19.0 Å². The van der Waals surface area contributed by atoms with Gasteiger partial charge in [0.15, 0.2) is 6.61 Å². The molecule has 0 aliphatic heterocycles. The number of rotatable bonds is 8. The van der Waals surface area contributed by atoms with Crippen LogP contribution in [0.25, 0.3) is 0 Å². The maximum absolute atomic E-state index is 13.1. The topological polar surface area (TPSA) is 76.7 Å². The summed E-state index contributed by atoms with van der Waals surface area (Å²) in [6, 6.07) is 16.8. The molecule has 2 aromatic carbocycles. The second-order valence-corrected chi connectivity index (χ2v) is 8.70. The van der Waals surface area contributed by atoms with E-state index in [1.807, 2.05) is 30.3 Å². The number of aryl methyl sites for hydroxylation is 1. The quantitative estimate of drug-likeness (QED) is 0.527. The van der Waals surface area contributed by atoms with E-state index < -0.39 is 0 Å². The van der Waals surface area contributed by atoms with Crippen molar-refractivity contribution in [3.63, 3.8) is 0 Å². The molecular weight excluding hydrogens is 424 g/mol. The molecule has 2 amide bonds. The van der Waals surface area contributed by atoms with Crippen molar-refractivity contribution < 1.29 is 19.1 Å². The monoisotopic (exact) mass is 450 g/mol. The van der Waals surface area contributed by atoms with Gasteiger partial charge >= 0.3 is 0 Å². The van der Waals surface area contributed by atoms with Crippen LogP contribution in [-0.2, 0) is 24.2 Å². The molecule has 1 aliphatic carbocycles. The minimum Gasteiger partial charge on any atom is -0.497 e. The molecule has 32 heavy (non-hydrogen) atoms. The van der Waals surface area contributed by atoms with E-state index in [1.54, 1.807) is 31.4 Å². The van der Waals surface area contributed by atoms with Crippen LogP contribution in [0.15, 0.2) is 54.6 Å². The van der Waals surface area contributed by atoms with Gasteiger partial charge in [0.2, 0.25) is 0 Å². The largest absolute Gasteiger partial charge is 0.497 e. The van der Waals surface area contributed by atoms with Crippen LogP contribution in [0.5, 0.6) is 11.5 Å². The van der Waals surface area contributed by atoms with E-state index in [-0.39, 0.29) is 18.4 Å². The van der Waals surface area contributed by atoms with Gasteiger partial charge in [0.05, 0.1) is 12.7 Å². The molecule has 0 atom stereocenters. The highest BCUT2D eigenvalue weighted by atomic mass is 32.1. The molecular formula is C25H26N2O4S. The molecule has 0 saturated heterocycles. The third-order valence-electron chi connectivity index (χ3n) is 5.38. The molecule has 1 aliphatic rings. The smallest absolute Gasteiger partial charge is 0.262 e. The number of fused-ring (bicyclic) bond motifs is 1. The first-order valence-corrected chi connectivity index (χ1v) is 11.5. The SMILES string of the molecule is COc1ccc(OCC(=O)Nc2sc3c(c2C(=O)NCc2ccccc2)CCCC3)cc1. The summed E-state index contributed by atoms with van der Waals surface area (Å²) < 4.78 is 10.7. The first kappa shape index (κ1) is 21.9. The Morgan fingerprint density at radius 1 is 0.969 bits per heavy atom. The summed E-state index contributed by atoms with van der Waals surface area (Å²) in [5.41, 5.74) is 2.69. The Kier molecular flexibility index (Phi) is 7.07.